The summed E-state index contributed by atoms with van der Waals surface area (Å²) in [6, 6.07) is 7.22. The van der Waals surface area contributed by atoms with E-state index >= 15 is 0 Å². The number of piperidine rings is 1. The Hall–Kier alpha value is -0.620. The van der Waals surface area contributed by atoms with Crippen LogP contribution in [0.25, 0.3) is 0 Å². The molecule has 0 aromatic heterocycles. The van der Waals surface area contributed by atoms with Gasteiger partial charge in [0.15, 0.2) is 0 Å². The van der Waals surface area contributed by atoms with Crippen LogP contribution in [0.2, 0.25) is 0 Å². The summed E-state index contributed by atoms with van der Waals surface area (Å²) in [4.78, 5) is 2.79. The van der Waals surface area contributed by atoms with E-state index in [-0.39, 0.29) is 17.8 Å². The summed E-state index contributed by atoms with van der Waals surface area (Å²) in [5, 5.41) is 0. The Kier molecular flexibility index (Phi) is 8.39. The zero-order valence-electron chi connectivity index (χ0n) is 15.9. The third-order valence-corrected chi connectivity index (χ3v) is 6.33. The summed E-state index contributed by atoms with van der Waals surface area (Å²) >= 11 is 0. The molecule has 1 aliphatic heterocycles. The van der Waals surface area contributed by atoms with Crippen molar-refractivity contribution in [2.45, 2.75) is 57.3 Å². The van der Waals surface area contributed by atoms with Crippen molar-refractivity contribution in [2.75, 3.05) is 26.2 Å². The molecule has 0 unspecified atom stereocenters. The first-order valence-corrected chi connectivity index (χ1v) is 10.5. The lowest BCUT2D eigenvalue weighted by Crippen LogP contribution is -2.35. The van der Waals surface area contributed by atoms with Gasteiger partial charge in [0.05, 0.1) is 4.90 Å². The van der Waals surface area contributed by atoms with Crippen molar-refractivity contribution in [3.8, 4) is 0 Å². The third kappa shape index (κ3) is 6.89. The minimum absolute atomic E-state index is 0. The highest BCUT2D eigenvalue weighted by molar-refractivity contribution is 7.89. The highest BCUT2D eigenvalue weighted by Crippen LogP contribution is 2.23. The van der Waals surface area contributed by atoms with Crippen LogP contribution in [-0.2, 0) is 15.4 Å². The summed E-state index contributed by atoms with van der Waals surface area (Å²) in [6.07, 6.45) is 3.37. The van der Waals surface area contributed by atoms with Gasteiger partial charge in [0, 0.05) is 6.54 Å². The minimum atomic E-state index is -3.40. The van der Waals surface area contributed by atoms with E-state index in [0.717, 1.165) is 37.5 Å². The monoisotopic (exact) mass is 388 g/mol. The molecular formula is C19H33ClN2O2S. The summed E-state index contributed by atoms with van der Waals surface area (Å²) < 4.78 is 27.5. The van der Waals surface area contributed by atoms with Crippen molar-refractivity contribution in [3.63, 3.8) is 0 Å². The van der Waals surface area contributed by atoms with Gasteiger partial charge in [0.25, 0.3) is 0 Å². The Bertz CT molecular complexity index is 616. The van der Waals surface area contributed by atoms with E-state index in [2.05, 4.69) is 37.3 Å². The lowest BCUT2D eigenvalue weighted by Gasteiger charge is -2.30. The molecule has 25 heavy (non-hydrogen) atoms. The summed E-state index contributed by atoms with van der Waals surface area (Å²) in [7, 11) is -3.40. The van der Waals surface area contributed by atoms with Gasteiger partial charge < -0.3 is 4.90 Å². The van der Waals surface area contributed by atoms with E-state index in [1.165, 1.54) is 12.8 Å². The predicted molar refractivity (Wildman–Crippen MR) is 107 cm³/mol. The van der Waals surface area contributed by atoms with Crippen molar-refractivity contribution >= 4 is 22.4 Å². The molecule has 0 atom stereocenters. The van der Waals surface area contributed by atoms with Crippen LogP contribution in [0.4, 0.5) is 0 Å². The smallest absolute Gasteiger partial charge is 0.240 e. The van der Waals surface area contributed by atoms with Crippen LogP contribution >= 0.6 is 12.4 Å². The quantitative estimate of drug-likeness (QED) is 0.754. The van der Waals surface area contributed by atoms with Gasteiger partial charge in [0.2, 0.25) is 10.0 Å². The normalized spacial score (nSPS) is 17.3. The molecule has 1 heterocycles. The first-order valence-electron chi connectivity index (χ1n) is 9.01. The number of benzene rings is 1. The van der Waals surface area contributed by atoms with E-state index in [0.29, 0.717) is 11.4 Å². The fourth-order valence-electron chi connectivity index (χ4n) is 3.01. The molecule has 0 spiro atoms. The molecule has 1 fully saturated rings. The zero-order chi connectivity index (χ0) is 17.8. The molecule has 0 bridgehead atoms. The number of sulfonamides is 1. The second kappa shape index (κ2) is 9.36. The molecule has 0 radical (unpaired) electrons. The van der Waals surface area contributed by atoms with E-state index in [1.54, 1.807) is 12.1 Å². The predicted octanol–water partition coefficient (Wildman–Crippen LogP) is 3.81. The SMILES string of the molecule is CC1CCN(CCCNS(=O)(=O)c2ccc(C(C)(C)C)cc2)CC1.Cl. The third-order valence-electron chi connectivity index (χ3n) is 4.85. The molecule has 1 aromatic carbocycles. The van der Waals surface area contributed by atoms with Gasteiger partial charge in [-0.3, -0.25) is 0 Å². The zero-order valence-corrected chi connectivity index (χ0v) is 17.5. The average molecular weight is 389 g/mol. The maximum Gasteiger partial charge on any atom is 0.240 e. The maximum atomic E-state index is 12.4. The number of rotatable bonds is 6. The Morgan fingerprint density at radius 1 is 1.12 bits per heavy atom. The molecule has 6 heteroatoms. The topological polar surface area (TPSA) is 49.4 Å². The van der Waals surface area contributed by atoms with Gasteiger partial charge in [-0.1, -0.05) is 39.8 Å². The van der Waals surface area contributed by atoms with Crippen LogP contribution in [-0.4, -0.2) is 39.5 Å². The summed E-state index contributed by atoms with van der Waals surface area (Å²) in [5.74, 6) is 0.829. The molecule has 1 N–H and O–H groups in total. The van der Waals surface area contributed by atoms with Crippen LogP contribution < -0.4 is 4.72 Å². The highest BCUT2D eigenvalue weighted by atomic mass is 35.5. The molecule has 144 valence electrons. The fraction of sp³-hybridized carbons (Fsp3) is 0.684. The van der Waals surface area contributed by atoms with Crippen LogP contribution in [0.1, 0.15) is 52.5 Å². The number of nitrogens with one attached hydrogen (secondary N) is 1. The standard InChI is InChI=1S/C19H32N2O2S.ClH/c1-16-10-14-21(15-11-16)13-5-12-20-24(22,23)18-8-6-17(7-9-18)19(2,3)4;/h6-9,16,20H,5,10-15H2,1-4H3;1H. The Labute approximate surface area is 159 Å². The fourth-order valence-corrected chi connectivity index (χ4v) is 4.09. The molecular weight excluding hydrogens is 356 g/mol. The summed E-state index contributed by atoms with van der Waals surface area (Å²) in [6.45, 7) is 12.4. The number of halogens is 1. The number of likely N-dealkylation sites (tertiary alicyclic amines) is 1. The Balaban J connectivity index is 0.00000312. The first-order chi connectivity index (χ1) is 11.2. The summed E-state index contributed by atoms with van der Waals surface area (Å²) in [5.41, 5.74) is 1.17. The Morgan fingerprint density at radius 2 is 1.68 bits per heavy atom. The van der Waals surface area contributed by atoms with E-state index in [4.69, 9.17) is 0 Å². The minimum Gasteiger partial charge on any atom is -0.303 e. The van der Waals surface area contributed by atoms with Crippen LogP contribution in [0, 0.1) is 5.92 Å². The molecule has 4 nitrogen and oxygen atoms in total. The number of hydrogen-bond donors (Lipinski definition) is 1. The molecule has 0 saturated carbocycles. The second-order valence-electron chi connectivity index (χ2n) is 8.05. The van der Waals surface area contributed by atoms with Gasteiger partial charge in [-0.05, 0) is 67.9 Å². The average Bonchev–Trinajstić information content (AvgIpc) is 2.52. The number of hydrogen-bond acceptors (Lipinski definition) is 3. The molecule has 0 amide bonds. The lowest BCUT2D eigenvalue weighted by molar-refractivity contribution is 0.191. The maximum absolute atomic E-state index is 12.4. The van der Waals surface area contributed by atoms with E-state index in [9.17, 15) is 8.42 Å². The van der Waals surface area contributed by atoms with Crippen LogP contribution in [0.15, 0.2) is 29.2 Å². The van der Waals surface area contributed by atoms with Gasteiger partial charge in [-0.25, -0.2) is 13.1 Å². The first kappa shape index (κ1) is 22.4. The molecule has 1 aliphatic rings. The number of nitrogens with zero attached hydrogens (tertiary/aromatic N) is 1. The molecule has 1 saturated heterocycles. The van der Waals surface area contributed by atoms with Crippen LogP contribution in [0.3, 0.4) is 0 Å². The Morgan fingerprint density at radius 3 is 2.20 bits per heavy atom. The van der Waals surface area contributed by atoms with Gasteiger partial charge in [-0.2, -0.15) is 0 Å². The van der Waals surface area contributed by atoms with Gasteiger partial charge >= 0.3 is 0 Å². The van der Waals surface area contributed by atoms with E-state index in [1.807, 2.05) is 12.1 Å². The van der Waals surface area contributed by atoms with Crippen molar-refractivity contribution < 1.29 is 8.42 Å². The van der Waals surface area contributed by atoms with Crippen molar-refractivity contribution in [2.24, 2.45) is 5.92 Å². The second-order valence-corrected chi connectivity index (χ2v) is 9.82. The van der Waals surface area contributed by atoms with Gasteiger partial charge in [0.1, 0.15) is 0 Å². The van der Waals surface area contributed by atoms with Gasteiger partial charge in [-0.15, -0.1) is 12.4 Å². The highest BCUT2D eigenvalue weighted by Gasteiger charge is 2.18. The van der Waals surface area contributed by atoms with E-state index < -0.39 is 10.0 Å². The molecule has 1 aromatic rings. The van der Waals surface area contributed by atoms with Crippen LogP contribution in [0.5, 0.6) is 0 Å². The molecule has 0 aliphatic carbocycles. The van der Waals surface area contributed by atoms with Crippen molar-refractivity contribution in [1.29, 1.82) is 0 Å². The van der Waals surface area contributed by atoms with Crippen molar-refractivity contribution in [1.82, 2.24) is 9.62 Å². The lowest BCUT2D eigenvalue weighted by atomic mass is 9.87. The molecule has 2 rings (SSSR count). The largest absolute Gasteiger partial charge is 0.303 e. The van der Waals surface area contributed by atoms with Crippen molar-refractivity contribution in [3.05, 3.63) is 29.8 Å².